The van der Waals surface area contributed by atoms with Crippen molar-refractivity contribution in [1.29, 1.82) is 0 Å². The molecule has 0 saturated carbocycles. The van der Waals surface area contributed by atoms with E-state index >= 15 is 0 Å². The summed E-state index contributed by atoms with van der Waals surface area (Å²) in [6.45, 7) is 7.06. The summed E-state index contributed by atoms with van der Waals surface area (Å²) in [6, 6.07) is 0. The summed E-state index contributed by atoms with van der Waals surface area (Å²) in [4.78, 5) is 0. The quantitative estimate of drug-likeness (QED) is 0.282. The summed E-state index contributed by atoms with van der Waals surface area (Å²) < 4.78 is 78.8. The lowest BCUT2D eigenvalue weighted by Crippen LogP contribution is -2.41. The van der Waals surface area contributed by atoms with Gasteiger partial charge in [0.05, 0.1) is 16.8 Å². The molecular weight excluding hydrogens is 350 g/mol. The molecule has 0 aromatic heterocycles. The molecule has 132 valence electrons. The minimum Gasteiger partial charge on any atom is -0.400 e. The molecule has 0 spiro atoms. The van der Waals surface area contributed by atoms with Crippen molar-refractivity contribution in [2.24, 2.45) is 0 Å². The fourth-order valence-electron chi connectivity index (χ4n) is 2.12. The van der Waals surface area contributed by atoms with E-state index in [1.807, 2.05) is 0 Å². The molecular formula is C15H16BF5O2S. The van der Waals surface area contributed by atoms with Crippen LogP contribution in [0.4, 0.5) is 22.0 Å². The molecule has 0 unspecified atom stereocenters. The summed E-state index contributed by atoms with van der Waals surface area (Å²) in [7, 11) is -1.01. The maximum atomic E-state index is 13.8. The van der Waals surface area contributed by atoms with Crippen molar-refractivity contribution in [3.05, 3.63) is 40.1 Å². The number of thiol groups is 1. The van der Waals surface area contributed by atoms with Gasteiger partial charge in [0.2, 0.25) is 5.82 Å². The Morgan fingerprint density at radius 2 is 1.25 bits per heavy atom. The van der Waals surface area contributed by atoms with Gasteiger partial charge in [0.15, 0.2) is 23.3 Å². The Balaban J connectivity index is 2.51. The zero-order valence-corrected chi connectivity index (χ0v) is 14.4. The van der Waals surface area contributed by atoms with Crippen LogP contribution < -0.4 is 0 Å². The Labute approximate surface area is 142 Å². The second kappa shape index (κ2) is 6.35. The van der Waals surface area contributed by atoms with E-state index in [2.05, 4.69) is 12.6 Å². The third-order valence-corrected chi connectivity index (χ3v) is 4.68. The van der Waals surface area contributed by atoms with Gasteiger partial charge in [-0.2, -0.15) is 12.6 Å². The lowest BCUT2D eigenvalue weighted by Gasteiger charge is -2.32. The van der Waals surface area contributed by atoms with E-state index in [9.17, 15) is 22.0 Å². The summed E-state index contributed by atoms with van der Waals surface area (Å²) in [5, 5.41) is 0. The van der Waals surface area contributed by atoms with Crippen LogP contribution in [-0.2, 0) is 9.31 Å². The molecule has 0 aliphatic carbocycles. The van der Waals surface area contributed by atoms with E-state index in [1.54, 1.807) is 27.7 Å². The topological polar surface area (TPSA) is 18.5 Å². The molecule has 1 aromatic carbocycles. The fraction of sp³-hybridized carbons (Fsp3) is 0.467. The molecule has 24 heavy (non-hydrogen) atoms. The highest BCUT2D eigenvalue weighted by Crippen LogP contribution is 2.39. The fourth-order valence-corrected chi connectivity index (χ4v) is 2.36. The number of hydrogen-bond donors (Lipinski definition) is 1. The van der Waals surface area contributed by atoms with Crippen molar-refractivity contribution in [3.8, 4) is 0 Å². The molecule has 1 saturated heterocycles. The molecule has 2 rings (SSSR count). The van der Waals surface area contributed by atoms with Crippen molar-refractivity contribution >= 4 is 25.8 Å². The zero-order valence-electron chi connectivity index (χ0n) is 13.5. The molecule has 1 aliphatic rings. The van der Waals surface area contributed by atoms with Crippen molar-refractivity contribution in [2.75, 3.05) is 5.75 Å². The minimum atomic E-state index is -2.20. The highest BCUT2D eigenvalue weighted by Gasteiger charge is 2.52. The zero-order chi connectivity index (χ0) is 18.4. The van der Waals surface area contributed by atoms with E-state index in [1.165, 1.54) is 0 Å². The molecule has 0 atom stereocenters. The summed E-state index contributed by atoms with van der Waals surface area (Å²) in [5.41, 5.74) is -2.36. The highest BCUT2D eigenvalue weighted by atomic mass is 32.1. The van der Waals surface area contributed by atoms with Crippen LogP contribution in [-0.4, -0.2) is 24.1 Å². The standard InChI is InChI=1S/C15H16BF5O2S/c1-14(2)15(3,4)23-16(22-14)7(6-24)5-8-9(17)11(19)13(21)12(20)10(8)18/h5,24H,6H2,1-4H3. The number of benzene rings is 1. The van der Waals surface area contributed by atoms with Crippen LogP contribution >= 0.6 is 12.6 Å². The molecule has 1 aromatic rings. The van der Waals surface area contributed by atoms with Gasteiger partial charge < -0.3 is 9.31 Å². The van der Waals surface area contributed by atoms with E-state index in [0.717, 1.165) is 6.08 Å². The van der Waals surface area contributed by atoms with Crippen LogP contribution in [0.15, 0.2) is 5.47 Å². The normalized spacial score (nSPS) is 19.9. The number of halogens is 5. The Bertz CT molecular complexity index is 661. The van der Waals surface area contributed by atoms with Gasteiger partial charge in [-0.3, -0.25) is 0 Å². The number of hydrogen-bond acceptors (Lipinski definition) is 3. The van der Waals surface area contributed by atoms with E-state index < -0.39 is 53.0 Å². The SMILES string of the molecule is CC1(C)OB(C(=Cc2c(F)c(F)c(F)c(F)c2F)CS)OC1(C)C. The van der Waals surface area contributed by atoms with Crippen LogP contribution in [0.3, 0.4) is 0 Å². The van der Waals surface area contributed by atoms with Gasteiger partial charge in [0, 0.05) is 5.75 Å². The lowest BCUT2D eigenvalue weighted by atomic mass is 9.78. The molecule has 0 amide bonds. The van der Waals surface area contributed by atoms with Gasteiger partial charge >= 0.3 is 7.12 Å². The smallest absolute Gasteiger partial charge is 0.400 e. The van der Waals surface area contributed by atoms with Gasteiger partial charge in [-0.1, -0.05) is 6.08 Å². The average Bonchev–Trinajstić information content (AvgIpc) is 2.71. The molecule has 1 heterocycles. The van der Waals surface area contributed by atoms with Crippen molar-refractivity contribution in [2.45, 2.75) is 38.9 Å². The first-order valence-corrected chi connectivity index (χ1v) is 7.74. The van der Waals surface area contributed by atoms with Gasteiger partial charge in [-0.05, 0) is 33.2 Å². The first-order valence-electron chi connectivity index (χ1n) is 7.11. The third-order valence-electron chi connectivity index (χ3n) is 4.31. The Morgan fingerprint density at radius 3 is 1.62 bits per heavy atom. The molecule has 1 aliphatic heterocycles. The van der Waals surface area contributed by atoms with Crippen LogP contribution in [0.2, 0.25) is 0 Å². The van der Waals surface area contributed by atoms with Gasteiger partial charge in [-0.15, -0.1) is 0 Å². The average molecular weight is 366 g/mol. The van der Waals surface area contributed by atoms with Crippen LogP contribution in [0, 0.1) is 29.1 Å². The molecule has 0 N–H and O–H groups in total. The van der Waals surface area contributed by atoms with Crippen LogP contribution in [0.5, 0.6) is 0 Å². The second-order valence-electron chi connectivity index (χ2n) is 6.45. The monoisotopic (exact) mass is 366 g/mol. The van der Waals surface area contributed by atoms with Crippen molar-refractivity contribution in [3.63, 3.8) is 0 Å². The molecule has 2 nitrogen and oxygen atoms in total. The van der Waals surface area contributed by atoms with Crippen molar-refractivity contribution in [1.82, 2.24) is 0 Å². The van der Waals surface area contributed by atoms with Crippen molar-refractivity contribution < 1.29 is 31.3 Å². The Hall–Kier alpha value is -1.06. The van der Waals surface area contributed by atoms with Gasteiger partial charge in [0.25, 0.3) is 0 Å². The lowest BCUT2D eigenvalue weighted by molar-refractivity contribution is 0.00578. The first kappa shape index (κ1) is 19.3. The minimum absolute atomic E-state index is 0.0592. The summed E-state index contributed by atoms with van der Waals surface area (Å²) in [6.07, 6.45) is 0.825. The predicted molar refractivity (Wildman–Crippen MR) is 84.1 cm³/mol. The van der Waals surface area contributed by atoms with Crippen LogP contribution in [0.1, 0.15) is 33.3 Å². The summed E-state index contributed by atoms with van der Waals surface area (Å²) >= 11 is 4.04. The first-order chi connectivity index (χ1) is 10.9. The highest BCUT2D eigenvalue weighted by molar-refractivity contribution is 7.80. The largest absolute Gasteiger partial charge is 0.491 e. The Kier molecular flexibility index (Phi) is 5.10. The maximum Gasteiger partial charge on any atom is 0.491 e. The van der Waals surface area contributed by atoms with E-state index in [4.69, 9.17) is 9.31 Å². The Morgan fingerprint density at radius 1 is 0.875 bits per heavy atom. The third kappa shape index (κ3) is 3.09. The molecule has 0 radical (unpaired) electrons. The van der Waals surface area contributed by atoms with E-state index in [-0.39, 0.29) is 11.2 Å². The second-order valence-corrected chi connectivity index (χ2v) is 6.77. The van der Waals surface area contributed by atoms with Gasteiger partial charge in [-0.25, -0.2) is 22.0 Å². The van der Waals surface area contributed by atoms with Crippen LogP contribution in [0.25, 0.3) is 6.08 Å². The summed E-state index contributed by atoms with van der Waals surface area (Å²) in [5.74, 6) is -10.1. The van der Waals surface area contributed by atoms with Gasteiger partial charge in [0.1, 0.15) is 0 Å². The molecule has 1 fully saturated rings. The predicted octanol–water partition coefficient (Wildman–Crippen LogP) is 4.33. The number of rotatable bonds is 3. The maximum absolute atomic E-state index is 13.8. The molecule has 0 bridgehead atoms. The molecule has 9 heteroatoms. The van der Waals surface area contributed by atoms with E-state index in [0.29, 0.717) is 0 Å².